The Kier molecular flexibility index (Phi) is 9.69. The number of alkyl halides is 2. The molecule has 11 nitrogen and oxygen atoms in total. The number of hydrogen-bond donors (Lipinski definition) is 0. The van der Waals surface area contributed by atoms with Gasteiger partial charge in [-0.3, -0.25) is 4.57 Å². The van der Waals surface area contributed by atoms with Crippen LogP contribution >= 0.6 is 23.2 Å². The Hall–Kier alpha value is -2.70. The van der Waals surface area contributed by atoms with E-state index in [1.54, 1.807) is 23.0 Å². The van der Waals surface area contributed by atoms with Crippen LogP contribution in [0.4, 0.5) is 11.6 Å². The molecule has 31 heavy (non-hydrogen) atoms. The molecule has 2 rings (SSSR count). The van der Waals surface area contributed by atoms with Gasteiger partial charge in [0.25, 0.3) is 0 Å². The molecule has 0 atom stereocenters. The first-order valence-electron chi connectivity index (χ1n) is 9.39. The molecule has 0 bridgehead atoms. The summed E-state index contributed by atoms with van der Waals surface area (Å²) < 4.78 is 13.8. The van der Waals surface area contributed by atoms with E-state index in [1.165, 1.54) is 0 Å². The van der Waals surface area contributed by atoms with E-state index in [2.05, 4.69) is 15.1 Å². The average Bonchev–Trinajstić information content (AvgIpc) is 3.23. The van der Waals surface area contributed by atoms with Crippen LogP contribution in [0, 0.1) is 41.7 Å². The minimum atomic E-state index is -0.182. The van der Waals surface area contributed by atoms with Gasteiger partial charge in [0.2, 0.25) is 17.3 Å². The second kappa shape index (κ2) is 12.2. The van der Waals surface area contributed by atoms with Gasteiger partial charge in [0.15, 0.2) is 5.69 Å². The number of nitrogens with zero attached hydrogens (tertiary/aromatic N) is 8. The summed E-state index contributed by atoms with van der Waals surface area (Å²) in [6, 6.07) is 3.99. The van der Waals surface area contributed by atoms with Gasteiger partial charge in [0, 0.05) is 25.2 Å². The van der Waals surface area contributed by atoms with Crippen molar-refractivity contribution in [2.24, 2.45) is 5.11 Å². The maximum absolute atomic E-state index is 12.7. The lowest BCUT2D eigenvalue weighted by molar-refractivity contribution is -0.440. The number of rotatable bonds is 12. The molecule has 0 unspecified atom stereocenters. The van der Waals surface area contributed by atoms with Crippen LogP contribution in [0.3, 0.4) is 0 Å². The molecule has 0 radical (unpaired) electrons. The summed E-state index contributed by atoms with van der Waals surface area (Å²) in [6.45, 7) is 5.44. The first-order valence-corrected chi connectivity index (χ1v) is 10.5. The van der Waals surface area contributed by atoms with Crippen LogP contribution in [0.15, 0.2) is 5.11 Å². The second-order valence-electron chi connectivity index (χ2n) is 6.16. The molecule has 0 aliphatic carbocycles. The number of azo groups is 1. The monoisotopic (exact) mass is 468 g/mol. The van der Waals surface area contributed by atoms with E-state index >= 15 is 0 Å². The summed E-state index contributed by atoms with van der Waals surface area (Å²) >= 11 is 11.2. The van der Waals surface area contributed by atoms with Crippen LogP contribution in [0.25, 0.3) is 0 Å². The van der Waals surface area contributed by atoms with E-state index in [0.29, 0.717) is 62.9 Å². The van der Waals surface area contributed by atoms with Crippen molar-refractivity contribution < 1.29 is 14.3 Å². The van der Waals surface area contributed by atoms with Gasteiger partial charge in [-0.25, -0.2) is 4.98 Å². The van der Waals surface area contributed by atoms with Crippen molar-refractivity contribution in [1.82, 2.24) is 19.1 Å². The molecular weight excluding hydrogens is 447 g/mol. The predicted octanol–water partition coefficient (Wildman–Crippen LogP) is 2.88. The number of halogens is 2. The van der Waals surface area contributed by atoms with Gasteiger partial charge < -0.3 is 19.2 Å². The third-order valence-electron chi connectivity index (χ3n) is 4.22. The topological polar surface area (TPSA) is 140 Å². The highest BCUT2D eigenvalue weighted by molar-refractivity contribution is 6.18. The lowest BCUT2D eigenvalue weighted by Gasteiger charge is -2.06. The van der Waals surface area contributed by atoms with Crippen LogP contribution in [-0.2, 0) is 22.6 Å². The number of nitriles is 2. The Morgan fingerprint density at radius 1 is 0.935 bits per heavy atom. The van der Waals surface area contributed by atoms with Gasteiger partial charge in [-0.05, 0) is 11.9 Å². The Morgan fingerprint density at radius 2 is 1.45 bits per heavy atom. The first-order chi connectivity index (χ1) is 15.0. The lowest BCUT2D eigenvalue weighted by Crippen LogP contribution is -2.10. The largest absolute Gasteiger partial charge is 0.690 e. The van der Waals surface area contributed by atoms with Crippen LogP contribution < -0.4 is 0 Å². The minimum absolute atomic E-state index is 0.0369. The number of aryl methyl sites for hydroxylation is 2. The lowest BCUT2D eigenvalue weighted by atomic mass is 10.4. The Balaban J connectivity index is 2.31. The maximum Gasteiger partial charge on any atom is 0.384 e. The van der Waals surface area contributed by atoms with Gasteiger partial charge >= 0.3 is 5.82 Å². The predicted molar refractivity (Wildman–Crippen MR) is 112 cm³/mol. The second-order valence-corrected chi connectivity index (χ2v) is 6.92. The molecule has 0 spiro atoms. The third-order valence-corrected chi connectivity index (χ3v) is 4.53. The number of imidazole rings is 2. The van der Waals surface area contributed by atoms with Gasteiger partial charge in [0.1, 0.15) is 18.0 Å². The molecule has 0 saturated carbocycles. The summed E-state index contributed by atoms with van der Waals surface area (Å²) in [5, 5.41) is 35.7. The summed E-state index contributed by atoms with van der Waals surface area (Å²) in [5.74, 6) is 1.44. The quantitative estimate of drug-likeness (QED) is 0.153. The zero-order valence-electron chi connectivity index (χ0n) is 17.2. The number of ether oxygens (including phenoxy) is 2. The van der Waals surface area contributed by atoms with E-state index in [1.807, 2.05) is 12.1 Å². The molecule has 2 aromatic heterocycles. The summed E-state index contributed by atoms with van der Waals surface area (Å²) in [7, 11) is 0. The number of hydrogen-bond acceptors (Lipinski definition) is 8. The highest BCUT2D eigenvalue weighted by Crippen LogP contribution is 2.24. The minimum Gasteiger partial charge on any atom is -0.690 e. The van der Waals surface area contributed by atoms with Crippen molar-refractivity contribution in [2.45, 2.75) is 26.9 Å². The number of aromatic nitrogens is 4. The molecule has 0 N–H and O–H groups in total. The SMILES string of the molecule is Cc1nc(/N=[N+](\[O-])c2nc(C)n(CCOCCCl)c2C#N)c(C#N)n1CCOCCCl. The molecule has 0 amide bonds. The molecule has 2 aromatic rings. The van der Waals surface area contributed by atoms with Crippen molar-refractivity contribution in [1.29, 1.82) is 10.5 Å². The molecule has 0 fully saturated rings. The van der Waals surface area contributed by atoms with E-state index in [-0.39, 0.29) is 27.9 Å². The standard InChI is InChI=1S/C18H22Cl2N8O3/c1-13-23-17(15(11-21)26(13)5-9-30-7-3-19)25-28(29)18-16(12-22)27(14(2)24-18)6-10-31-8-4-20/h3-10H2,1-2H3/b28-25-. The highest BCUT2D eigenvalue weighted by atomic mass is 35.5. The molecule has 0 aromatic carbocycles. The summed E-state index contributed by atoms with van der Waals surface area (Å²) in [6.07, 6.45) is 0. The molecule has 166 valence electrons. The Bertz CT molecular complexity index is 1000. The fourth-order valence-corrected chi connectivity index (χ4v) is 3.05. The maximum atomic E-state index is 12.7. The van der Waals surface area contributed by atoms with Crippen LogP contribution in [0.1, 0.15) is 23.0 Å². The average molecular weight is 469 g/mol. The van der Waals surface area contributed by atoms with E-state index < -0.39 is 0 Å². The normalized spacial score (nSPS) is 11.5. The first kappa shape index (κ1) is 24.6. The van der Waals surface area contributed by atoms with Crippen molar-refractivity contribution in [3.63, 3.8) is 0 Å². The fourth-order valence-electron chi connectivity index (χ4n) is 2.83. The van der Waals surface area contributed by atoms with Crippen molar-refractivity contribution in [2.75, 3.05) is 38.2 Å². The van der Waals surface area contributed by atoms with Crippen molar-refractivity contribution in [3.05, 3.63) is 28.2 Å². The third kappa shape index (κ3) is 6.15. The van der Waals surface area contributed by atoms with Gasteiger partial charge in [-0.1, -0.05) is 5.11 Å². The Labute approximate surface area is 189 Å². The van der Waals surface area contributed by atoms with E-state index in [9.17, 15) is 15.7 Å². The highest BCUT2D eigenvalue weighted by Gasteiger charge is 2.25. The van der Waals surface area contributed by atoms with Gasteiger partial charge in [-0.2, -0.15) is 10.5 Å². The van der Waals surface area contributed by atoms with Crippen LogP contribution in [0.5, 0.6) is 0 Å². The van der Waals surface area contributed by atoms with Crippen LogP contribution in [0.2, 0.25) is 0 Å². The molecule has 13 heteroatoms. The zero-order chi connectivity index (χ0) is 22.8. The molecule has 0 aliphatic rings. The van der Waals surface area contributed by atoms with Crippen molar-refractivity contribution >= 4 is 34.8 Å². The van der Waals surface area contributed by atoms with E-state index in [0.717, 1.165) is 0 Å². The van der Waals surface area contributed by atoms with E-state index in [4.69, 9.17) is 32.7 Å². The smallest absolute Gasteiger partial charge is 0.384 e. The molecule has 0 saturated heterocycles. The van der Waals surface area contributed by atoms with Crippen molar-refractivity contribution in [3.8, 4) is 12.1 Å². The molecule has 2 heterocycles. The van der Waals surface area contributed by atoms with Gasteiger partial charge in [-0.15, -0.1) is 28.1 Å². The fraction of sp³-hybridized carbons (Fsp3) is 0.556. The van der Waals surface area contributed by atoms with Crippen LogP contribution in [-0.4, -0.2) is 62.2 Å². The zero-order valence-corrected chi connectivity index (χ0v) is 18.7. The molecule has 0 aliphatic heterocycles. The van der Waals surface area contributed by atoms with Gasteiger partial charge in [0.05, 0.1) is 33.0 Å². The molecular formula is C18H22Cl2N8O3. The summed E-state index contributed by atoms with van der Waals surface area (Å²) in [4.78, 5) is 8.57. The summed E-state index contributed by atoms with van der Waals surface area (Å²) in [5.41, 5.74) is 0.145. The Morgan fingerprint density at radius 3 is 1.97 bits per heavy atom.